The van der Waals surface area contributed by atoms with Crippen LogP contribution in [0.5, 0.6) is 5.75 Å². The molecule has 200 valence electrons. The van der Waals surface area contributed by atoms with Gasteiger partial charge in [-0.3, -0.25) is 4.90 Å². The van der Waals surface area contributed by atoms with Crippen molar-refractivity contribution in [3.05, 3.63) is 81.8 Å². The maximum Gasteiger partial charge on any atom is 0.347 e. The Morgan fingerprint density at radius 2 is 1.63 bits per heavy atom. The lowest BCUT2D eigenvalue weighted by atomic mass is 10.0. The van der Waals surface area contributed by atoms with Gasteiger partial charge in [0.1, 0.15) is 11.5 Å². The number of hydrogen-bond acceptors (Lipinski definition) is 8. The summed E-state index contributed by atoms with van der Waals surface area (Å²) < 4.78 is 17.3. The van der Waals surface area contributed by atoms with Crippen LogP contribution in [0.25, 0.3) is 11.5 Å². The van der Waals surface area contributed by atoms with Gasteiger partial charge in [-0.15, -0.1) is 0 Å². The molecular formula is C29H34N4O5. The summed E-state index contributed by atoms with van der Waals surface area (Å²) in [5.41, 5.74) is 4.36. The number of hydrogen-bond donors (Lipinski definition) is 1. The largest absolute Gasteiger partial charge is 0.478 e. The van der Waals surface area contributed by atoms with Crippen molar-refractivity contribution in [3.63, 3.8) is 0 Å². The number of carbonyl (C=O) groups is 1. The topological polar surface area (TPSA) is 115 Å². The van der Waals surface area contributed by atoms with E-state index in [0.29, 0.717) is 43.0 Å². The minimum atomic E-state index is -1.33. The van der Waals surface area contributed by atoms with Crippen molar-refractivity contribution in [1.29, 1.82) is 0 Å². The lowest BCUT2D eigenvalue weighted by Crippen LogP contribution is -2.38. The van der Waals surface area contributed by atoms with Crippen LogP contribution in [-0.4, -0.2) is 36.7 Å². The molecule has 9 nitrogen and oxygen atoms in total. The summed E-state index contributed by atoms with van der Waals surface area (Å²) in [5.74, 6) is 1.98. The summed E-state index contributed by atoms with van der Waals surface area (Å²) in [6.07, 6.45) is 0. The zero-order valence-electron chi connectivity index (χ0n) is 23.0. The quantitative estimate of drug-likeness (QED) is 0.282. The molecule has 0 radical (unpaired) electrons. The lowest BCUT2D eigenvalue weighted by molar-refractivity contribution is -0.152. The number of aromatic nitrogens is 3. The molecule has 0 atom stereocenters. The fourth-order valence-corrected chi connectivity index (χ4v) is 4.22. The normalized spacial score (nSPS) is 11.8. The van der Waals surface area contributed by atoms with Crippen molar-refractivity contribution in [2.45, 2.75) is 73.7 Å². The molecule has 0 unspecified atom stereocenters. The van der Waals surface area contributed by atoms with E-state index in [9.17, 15) is 9.90 Å². The Morgan fingerprint density at radius 3 is 2.21 bits per heavy atom. The smallest absolute Gasteiger partial charge is 0.347 e. The van der Waals surface area contributed by atoms with Gasteiger partial charge in [-0.1, -0.05) is 35.0 Å². The monoisotopic (exact) mass is 518 g/mol. The number of carboxylic acids is 1. The number of nitrogens with zero attached hydrogens (tertiary/aromatic N) is 4. The molecule has 2 heterocycles. The van der Waals surface area contributed by atoms with Crippen molar-refractivity contribution in [2.75, 3.05) is 0 Å². The van der Waals surface area contributed by atoms with Crippen molar-refractivity contribution in [2.24, 2.45) is 0 Å². The summed E-state index contributed by atoms with van der Waals surface area (Å²) in [5, 5.41) is 13.4. The van der Waals surface area contributed by atoms with Gasteiger partial charge in [0.2, 0.25) is 11.8 Å². The number of rotatable bonds is 10. The summed E-state index contributed by atoms with van der Waals surface area (Å²) in [4.78, 5) is 22.9. The minimum Gasteiger partial charge on any atom is -0.478 e. The van der Waals surface area contributed by atoms with Gasteiger partial charge in [-0.25, -0.2) is 9.78 Å². The number of benzene rings is 2. The predicted molar refractivity (Wildman–Crippen MR) is 142 cm³/mol. The van der Waals surface area contributed by atoms with E-state index in [0.717, 1.165) is 33.7 Å². The van der Waals surface area contributed by atoms with Crippen LogP contribution in [0.15, 0.2) is 45.3 Å². The first-order valence-corrected chi connectivity index (χ1v) is 12.5. The molecule has 4 rings (SSSR count). The third kappa shape index (κ3) is 6.28. The molecule has 1 N–H and O–H groups in total. The number of aliphatic carboxylic acids is 1. The van der Waals surface area contributed by atoms with Gasteiger partial charge in [0, 0.05) is 18.7 Å². The highest BCUT2D eigenvalue weighted by Gasteiger charge is 2.30. The minimum absolute atomic E-state index is 0.426. The zero-order chi connectivity index (χ0) is 27.6. The lowest BCUT2D eigenvalue weighted by Gasteiger charge is -2.25. The third-order valence-corrected chi connectivity index (χ3v) is 6.29. The highest BCUT2D eigenvalue weighted by Crippen LogP contribution is 2.30. The molecule has 0 aliphatic rings. The van der Waals surface area contributed by atoms with Crippen LogP contribution in [0.2, 0.25) is 0 Å². The van der Waals surface area contributed by atoms with Crippen molar-refractivity contribution in [3.8, 4) is 17.2 Å². The molecule has 0 bridgehead atoms. The number of carboxylic acid groups (broad SMARTS) is 1. The van der Waals surface area contributed by atoms with Crippen molar-refractivity contribution >= 4 is 5.97 Å². The van der Waals surface area contributed by atoms with Gasteiger partial charge < -0.3 is 18.8 Å². The van der Waals surface area contributed by atoms with Gasteiger partial charge in [0.15, 0.2) is 11.4 Å². The van der Waals surface area contributed by atoms with Crippen LogP contribution >= 0.6 is 0 Å². The van der Waals surface area contributed by atoms with Crippen LogP contribution in [0.4, 0.5) is 0 Å². The summed E-state index contributed by atoms with van der Waals surface area (Å²) in [7, 11) is 0. The maximum atomic E-state index is 11.6. The average molecular weight is 519 g/mol. The molecule has 2 aromatic heterocycles. The Balaban J connectivity index is 1.60. The van der Waals surface area contributed by atoms with Crippen LogP contribution in [0, 0.1) is 34.6 Å². The van der Waals surface area contributed by atoms with E-state index in [2.05, 4.69) is 15.0 Å². The standard InChI is InChI=1S/C29H34N4O5/c1-17-8-10-23(11-9-17)27-31-24(20(4)36-27)15-33(16-25-30-21(5)32-38-25)14-22-12-18(2)26(19(3)13-22)37-29(6,7)28(34)35/h8-13H,14-16H2,1-7H3,(H,34,35). The van der Waals surface area contributed by atoms with Gasteiger partial charge in [0.05, 0.1) is 12.2 Å². The molecule has 9 heteroatoms. The first kappa shape index (κ1) is 27.1. The van der Waals surface area contributed by atoms with Gasteiger partial charge >= 0.3 is 5.97 Å². The van der Waals surface area contributed by atoms with E-state index in [4.69, 9.17) is 18.7 Å². The molecular weight excluding hydrogens is 484 g/mol. The average Bonchev–Trinajstić information content (AvgIpc) is 3.41. The fraction of sp³-hybridized carbons (Fsp3) is 0.379. The Bertz CT molecular complexity index is 1410. The molecule has 0 saturated heterocycles. The first-order chi connectivity index (χ1) is 17.9. The van der Waals surface area contributed by atoms with Crippen LogP contribution < -0.4 is 4.74 Å². The summed E-state index contributed by atoms with van der Waals surface area (Å²) in [6, 6.07) is 12.1. The first-order valence-electron chi connectivity index (χ1n) is 12.5. The maximum absolute atomic E-state index is 11.6. The molecule has 4 aromatic rings. The molecule has 0 aliphatic heterocycles. The Labute approximate surface area is 222 Å². The van der Waals surface area contributed by atoms with Crippen molar-refractivity contribution < 1.29 is 23.6 Å². The van der Waals surface area contributed by atoms with Gasteiger partial charge in [-0.2, -0.15) is 4.98 Å². The second-order valence-corrected chi connectivity index (χ2v) is 10.2. The van der Waals surface area contributed by atoms with Crippen LogP contribution in [0.3, 0.4) is 0 Å². The second kappa shape index (κ2) is 10.8. The highest BCUT2D eigenvalue weighted by molar-refractivity contribution is 5.77. The fourth-order valence-electron chi connectivity index (χ4n) is 4.22. The van der Waals surface area contributed by atoms with E-state index >= 15 is 0 Å². The van der Waals surface area contributed by atoms with E-state index < -0.39 is 11.6 Å². The molecule has 0 fully saturated rings. The number of aryl methyl sites for hydroxylation is 5. The van der Waals surface area contributed by atoms with E-state index in [-0.39, 0.29) is 0 Å². The summed E-state index contributed by atoms with van der Waals surface area (Å²) >= 11 is 0. The Morgan fingerprint density at radius 1 is 0.974 bits per heavy atom. The molecule has 38 heavy (non-hydrogen) atoms. The number of oxazole rings is 1. The summed E-state index contributed by atoms with van der Waals surface area (Å²) in [6.45, 7) is 14.2. The Kier molecular flexibility index (Phi) is 7.68. The zero-order valence-corrected chi connectivity index (χ0v) is 23.0. The van der Waals surface area contributed by atoms with E-state index in [1.807, 2.05) is 64.1 Å². The molecule has 0 saturated carbocycles. The third-order valence-electron chi connectivity index (χ3n) is 6.29. The SMILES string of the molecule is Cc1ccc(-c2nc(CN(Cc3cc(C)c(OC(C)(C)C(=O)O)c(C)c3)Cc3nc(C)no3)c(C)o2)cc1. The van der Waals surface area contributed by atoms with Crippen LogP contribution in [-0.2, 0) is 24.4 Å². The number of ether oxygens (including phenoxy) is 1. The van der Waals surface area contributed by atoms with Gasteiger partial charge in [0.25, 0.3) is 0 Å². The second-order valence-electron chi connectivity index (χ2n) is 10.2. The van der Waals surface area contributed by atoms with Crippen LogP contribution in [0.1, 0.15) is 59.3 Å². The molecule has 0 aliphatic carbocycles. The predicted octanol–water partition coefficient (Wildman–Crippen LogP) is 5.71. The highest BCUT2D eigenvalue weighted by atomic mass is 16.5. The van der Waals surface area contributed by atoms with Gasteiger partial charge in [-0.05, 0) is 77.3 Å². The van der Waals surface area contributed by atoms with Crippen molar-refractivity contribution in [1.82, 2.24) is 20.0 Å². The van der Waals surface area contributed by atoms with E-state index in [1.165, 1.54) is 5.56 Å². The molecule has 0 amide bonds. The van der Waals surface area contributed by atoms with E-state index in [1.54, 1.807) is 20.8 Å². The molecule has 0 spiro atoms. The Hall–Kier alpha value is -3.98. The molecule has 2 aromatic carbocycles.